The Morgan fingerprint density at radius 2 is 1.75 bits per heavy atom. The minimum Gasteiger partial charge on any atom is -0.332 e. The lowest BCUT2D eigenvalue weighted by Crippen LogP contribution is -2.18. The highest BCUT2D eigenvalue weighted by molar-refractivity contribution is 7.13. The molecule has 0 amide bonds. The molecule has 1 N–H and O–H groups in total. The number of hydrogen-bond acceptors (Lipinski definition) is 3. The van der Waals surface area contributed by atoms with E-state index in [-0.39, 0.29) is 5.41 Å². The Bertz CT molecular complexity index is 779. The normalized spacial score (nSPS) is 11.5. The van der Waals surface area contributed by atoms with E-state index in [1.165, 1.54) is 5.56 Å². The highest BCUT2D eigenvalue weighted by atomic mass is 35.5. The smallest absolute Gasteiger partial charge is 0.187 e. The van der Waals surface area contributed by atoms with Crippen molar-refractivity contribution >= 4 is 33.8 Å². The molecule has 2 aromatic carbocycles. The number of para-hydroxylation sites is 1. The Kier molecular flexibility index (Phi) is 5.22. The molecule has 124 valence electrons. The molecular weight excluding hydrogens is 336 g/mol. The number of aromatic nitrogens is 1. The van der Waals surface area contributed by atoms with E-state index in [1.54, 1.807) is 11.3 Å². The second-order valence-corrected chi connectivity index (χ2v) is 7.83. The maximum atomic E-state index is 5.95. The van der Waals surface area contributed by atoms with Crippen molar-refractivity contribution < 1.29 is 0 Å². The first-order valence-corrected chi connectivity index (χ1v) is 9.31. The first-order chi connectivity index (χ1) is 11.5. The van der Waals surface area contributed by atoms with Crippen LogP contribution in [0.4, 0.5) is 10.8 Å². The van der Waals surface area contributed by atoms with Gasteiger partial charge in [0.2, 0.25) is 0 Å². The van der Waals surface area contributed by atoms with Crippen molar-refractivity contribution in [3.8, 4) is 0 Å². The van der Waals surface area contributed by atoms with Gasteiger partial charge < -0.3 is 5.32 Å². The molecule has 0 fully saturated rings. The summed E-state index contributed by atoms with van der Waals surface area (Å²) in [5.74, 6) is 0. The lowest BCUT2D eigenvalue weighted by molar-refractivity contribution is 0.469. The van der Waals surface area contributed by atoms with E-state index >= 15 is 0 Å². The van der Waals surface area contributed by atoms with Crippen LogP contribution >= 0.6 is 22.9 Å². The molecule has 0 spiro atoms. The molecule has 4 heteroatoms. The van der Waals surface area contributed by atoms with E-state index in [1.807, 2.05) is 42.5 Å². The topological polar surface area (TPSA) is 24.9 Å². The maximum Gasteiger partial charge on any atom is 0.187 e. The predicted molar refractivity (Wildman–Crippen MR) is 105 cm³/mol. The van der Waals surface area contributed by atoms with Gasteiger partial charge in [0, 0.05) is 21.5 Å². The zero-order valence-electron chi connectivity index (χ0n) is 13.9. The quantitative estimate of drug-likeness (QED) is 0.548. The average molecular weight is 357 g/mol. The Labute approximate surface area is 152 Å². The van der Waals surface area contributed by atoms with Crippen LogP contribution in [0.2, 0.25) is 5.02 Å². The Morgan fingerprint density at radius 1 is 1.04 bits per heavy atom. The molecule has 0 bridgehead atoms. The first kappa shape index (κ1) is 17.0. The van der Waals surface area contributed by atoms with Crippen LogP contribution in [0.15, 0.2) is 60.0 Å². The highest BCUT2D eigenvalue weighted by Crippen LogP contribution is 2.32. The molecule has 0 aliphatic rings. The van der Waals surface area contributed by atoms with Crippen molar-refractivity contribution in [1.82, 2.24) is 4.98 Å². The van der Waals surface area contributed by atoms with Gasteiger partial charge in [-0.15, -0.1) is 11.3 Å². The third-order valence-corrected chi connectivity index (χ3v) is 5.18. The lowest BCUT2D eigenvalue weighted by atomic mass is 9.84. The summed E-state index contributed by atoms with van der Waals surface area (Å²) in [6.45, 7) is 4.51. The summed E-state index contributed by atoms with van der Waals surface area (Å²) in [5.41, 5.74) is 3.55. The molecule has 0 saturated heterocycles. The summed E-state index contributed by atoms with van der Waals surface area (Å²) in [4.78, 5) is 4.79. The van der Waals surface area contributed by atoms with Crippen LogP contribution in [-0.2, 0) is 11.8 Å². The number of thiazole rings is 1. The van der Waals surface area contributed by atoms with Gasteiger partial charge in [-0.25, -0.2) is 4.98 Å². The molecule has 1 heterocycles. The SMILES string of the molecule is CC(C)(CCc1ccc(Cl)cc1)c1csc(Nc2ccccc2)n1. The fourth-order valence-corrected chi connectivity index (χ4v) is 3.57. The van der Waals surface area contributed by atoms with E-state index in [4.69, 9.17) is 16.6 Å². The summed E-state index contributed by atoms with van der Waals surface area (Å²) in [5, 5.41) is 7.26. The fourth-order valence-electron chi connectivity index (χ4n) is 2.52. The molecule has 3 aromatic rings. The van der Waals surface area contributed by atoms with Crippen molar-refractivity contribution in [2.75, 3.05) is 5.32 Å². The third-order valence-electron chi connectivity index (χ3n) is 4.17. The minimum absolute atomic E-state index is 0.0345. The number of benzene rings is 2. The summed E-state index contributed by atoms with van der Waals surface area (Å²) in [6, 6.07) is 18.3. The molecule has 24 heavy (non-hydrogen) atoms. The number of halogens is 1. The van der Waals surface area contributed by atoms with Crippen LogP contribution in [-0.4, -0.2) is 4.98 Å². The molecule has 1 aromatic heterocycles. The molecule has 0 aliphatic heterocycles. The molecule has 0 radical (unpaired) electrons. The monoisotopic (exact) mass is 356 g/mol. The Hall–Kier alpha value is -1.84. The summed E-state index contributed by atoms with van der Waals surface area (Å²) >= 11 is 7.61. The Balaban J connectivity index is 1.65. The van der Waals surface area contributed by atoms with E-state index in [0.29, 0.717) is 0 Å². The highest BCUT2D eigenvalue weighted by Gasteiger charge is 2.23. The number of anilines is 2. The third kappa shape index (κ3) is 4.37. The van der Waals surface area contributed by atoms with Crippen LogP contribution in [0.1, 0.15) is 31.5 Å². The van der Waals surface area contributed by atoms with Gasteiger partial charge in [-0.05, 0) is 42.7 Å². The van der Waals surface area contributed by atoms with Crippen molar-refractivity contribution in [3.63, 3.8) is 0 Å². The van der Waals surface area contributed by atoms with Gasteiger partial charge in [-0.1, -0.05) is 55.8 Å². The van der Waals surface area contributed by atoms with Crippen molar-refractivity contribution in [2.24, 2.45) is 0 Å². The van der Waals surface area contributed by atoms with Crippen LogP contribution < -0.4 is 5.32 Å². The van der Waals surface area contributed by atoms with Gasteiger partial charge in [0.15, 0.2) is 5.13 Å². The molecule has 0 unspecified atom stereocenters. The lowest BCUT2D eigenvalue weighted by Gasteiger charge is -2.22. The average Bonchev–Trinajstić information content (AvgIpc) is 3.05. The largest absolute Gasteiger partial charge is 0.332 e. The zero-order chi connectivity index (χ0) is 17.0. The maximum absolute atomic E-state index is 5.95. The number of nitrogens with zero attached hydrogens (tertiary/aromatic N) is 1. The van der Waals surface area contributed by atoms with Crippen molar-refractivity contribution in [1.29, 1.82) is 0 Å². The molecule has 3 rings (SSSR count). The second-order valence-electron chi connectivity index (χ2n) is 6.54. The van der Waals surface area contributed by atoms with E-state index in [0.717, 1.165) is 34.4 Å². The van der Waals surface area contributed by atoms with Gasteiger partial charge in [0.05, 0.1) is 5.69 Å². The van der Waals surface area contributed by atoms with Crippen LogP contribution in [0.3, 0.4) is 0 Å². The molecule has 0 aliphatic carbocycles. The molecule has 0 saturated carbocycles. The minimum atomic E-state index is 0.0345. The zero-order valence-corrected chi connectivity index (χ0v) is 15.5. The molecule has 0 atom stereocenters. The van der Waals surface area contributed by atoms with E-state index < -0.39 is 0 Å². The van der Waals surface area contributed by atoms with Gasteiger partial charge in [-0.3, -0.25) is 0 Å². The second kappa shape index (κ2) is 7.37. The number of hydrogen-bond donors (Lipinski definition) is 1. The van der Waals surface area contributed by atoms with Gasteiger partial charge in [0.25, 0.3) is 0 Å². The van der Waals surface area contributed by atoms with Gasteiger partial charge in [0.1, 0.15) is 0 Å². The van der Waals surface area contributed by atoms with Crippen LogP contribution in [0.5, 0.6) is 0 Å². The summed E-state index contributed by atoms with van der Waals surface area (Å²) in [6.07, 6.45) is 2.06. The van der Waals surface area contributed by atoms with Crippen molar-refractivity contribution in [2.45, 2.75) is 32.1 Å². The number of nitrogens with one attached hydrogen (secondary N) is 1. The van der Waals surface area contributed by atoms with Crippen LogP contribution in [0, 0.1) is 0 Å². The first-order valence-electron chi connectivity index (χ1n) is 8.05. The number of rotatable bonds is 6. The molecular formula is C20H21ClN2S. The summed E-state index contributed by atoms with van der Waals surface area (Å²) < 4.78 is 0. The molecule has 2 nitrogen and oxygen atoms in total. The van der Waals surface area contributed by atoms with E-state index in [9.17, 15) is 0 Å². The standard InChI is InChI=1S/C20H21ClN2S/c1-20(2,13-12-15-8-10-16(21)11-9-15)18-14-24-19(23-18)22-17-6-4-3-5-7-17/h3-11,14H,12-13H2,1-2H3,(H,22,23). The van der Waals surface area contributed by atoms with E-state index in [2.05, 4.69) is 36.7 Å². The van der Waals surface area contributed by atoms with Gasteiger partial charge >= 0.3 is 0 Å². The fraction of sp³-hybridized carbons (Fsp3) is 0.250. The summed E-state index contributed by atoms with van der Waals surface area (Å²) in [7, 11) is 0. The van der Waals surface area contributed by atoms with Crippen molar-refractivity contribution in [3.05, 3.63) is 76.3 Å². The Morgan fingerprint density at radius 3 is 2.46 bits per heavy atom. The van der Waals surface area contributed by atoms with Crippen LogP contribution in [0.25, 0.3) is 0 Å². The van der Waals surface area contributed by atoms with Gasteiger partial charge in [-0.2, -0.15) is 0 Å². The number of aryl methyl sites for hydroxylation is 1. The predicted octanol–water partition coefficient (Wildman–Crippen LogP) is 6.45.